The molecule has 0 aromatic carbocycles. The molecule has 0 atom stereocenters. The summed E-state index contributed by atoms with van der Waals surface area (Å²) >= 11 is 0. The molecule has 0 heterocycles. The molecule has 0 amide bonds. The molecule has 0 saturated heterocycles. The van der Waals surface area contributed by atoms with E-state index in [1.807, 2.05) is 0 Å². The van der Waals surface area contributed by atoms with Crippen molar-refractivity contribution in [2.24, 2.45) is 0 Å². The maximum Gasteiger partial charge on any atom is 0 e. The standard InChI is InChI=1S/C35H4/c1-3-5-7-9-11-13-15-17-19-21-23-25-27-29-31-33-35-34-32-30-28-26-24-22-20-18-16-14-12-10-8-6-4-2/h1-2H2. The van der Waals surface area contributed by atoms with E-state index >= 15 is 0 Å². The van der Waals surface area contributed by atoms with Crippen molar-refractivity contribution in [3.63, 3.8) is 0 Å². The Morgan fingerprint density at radius 2 is 0.229 bits per heavy atom. The summed E-state index contributed by atoms with van der Waals surface area (Å²) in [4.78, 5) is 0. The predicted molar refractivity (Wildman–Crippen MR) is 127 cm³/mol. The van der Waals surface area contributed by atoms with Gasteiger partial charge in [-0.3, -0.25) is 0 Å². The number of hydrogen-bond donors (Lipinski definition) is 0. The molecule has 0 radical (unpaired) electrons. The maximum atomic E-state index is 3.31. The van der Waals surface area contributed by atoms with Gasteiger partial charge in [-0.15, -0.1) is 0 Å². The summed E-state index contributed by atoms with van der Waals surface area (Å²) in [5.41, 5.74) is 81.9. The molecule has 35 heavy (non-hydrogen) atoms. The summed E-state index contributed by atoms with van der Waals surface area (Å²) in [5.74, 6) is 0. The average molecular weight is 424 g/mol. The Kier molecular flexibility index (Phi) is 20.8. The lowest BCUT2D eigenvalue weighted by Crippen LogP contribution is -1.25. The summed E-state index contributed by atoms with van der Waals surface area (Å²) in [6.07, 6.45) is 0. The minimum absolute atomic E-state index is 2.37. The maximum absolute atomic E-state index is 3.31. The minimum Gasteiger partial charge on any atom is -0.0687 e. The normalized spacial score (nSPS) is 3.89. The highest BCUT2D eigenvalue weighted by Crippen LogP contribution is 1.59. The van der Waals surface area contributed by atoms with Crippen molar-refractivity contribution in [1.29, 1.82) is 0 Å². The molecule has 0 nitrogen and oxygen atoms in total. The molecule has 144 valence electrons. The van der Waals surface area contributed by atoms with Gasteiger partial charge in [0.05, 0.1) is 0 Å². The topological polar surface area (TPSA) is 0 Å². The molecule has 0 aliphatic rings. The first-order valence-corrected chi connectivity index (χ1v) is 8.71. The van der Waals surface area contributed by atoms with Crippen LogP contribution in [0.15, 0.2) is 202 Å². The van der Waals surface area contributed by atoms with Crippen LogP contribution in [0.4, 0.5) is 0 Å². The lowest BCUT2D eigenvalue weighted by molar-refractivity contribution is 2.11. The van der Waals surface area contributed by atoms with Crippen molar-refractivity contribution in [2.75, 3.05) is 0 Å². The van der Waals surface area contributed by atoms with E-state index in [4.69, 9.17) is 0 Å². The lowest BCUT2D eigenvalue weighted by atomic mass is 10.6. The third-order valence-corrected chi connectivity index (χ3v) is 2.05. The summed E-state index contributed by atoms with van der Waals surface area (Å²) in [7, 11) is 0. The van der Waals surface area contributed by atoms with Crippen LogP contribution in [0.2, 0.25) is 0 Å². The summed E-state index contributed by atoms with van der Waals surface area (Å²) in [6, 6.07) is 0. The van der Waals surface area contributed by atoms with Crippen LogP contribution in [-0.2, 0) is 0 Å². The van der Waals surface area contributed by atoms with E-state index in [1.165, 1.54) is 0 Å². The average Bonchev–Trinajstić information content (AvgIpc) is 2.87. The Morgan fingerprint density at radius 3 is 0.314 bits per heavy atom. The first-order chi connectivity index (χ1) is 17.4. The van der Waals surface area contributed by atoms with Crippen molar-refractivity contribution in [2.45, 2.75) is 0 Å². The lowest BCUT2D eigenvalue weighted by Gasteiger charge is -1.41. The van der Waals surface area contributed by atoms with Crippen molar-refractivity contribution in [1.82, 2.24) is 0 Å². The van der Waals surface area contributed by atoms with Crippen LogP contribution < -0.4 is 0 Å². The van der Waals surface area contributed by atoms with Crippen LogP contribution in [0, 0.1) is 0 Å². The molecule has 0 spiro atoms. The van der Waals surface area contributed by atoms with Gasteiger partial charge in [-0.05, 0) is 105 Å². The zero-order valence-electron chi connectivity index (χ0n) is 17.9. The van der Waals surface area contributed by atoms with Gasteiger partial charge in [-0.2, -0.15) is 0 Å². The van der Waals surface area contributed by atoms with Crippen molar-refractivity contribution < 1.29 is 0 Å². The number of rotatable bonds is 0. The number of hydrogen-bond acceptors (Lipinski definition) is 0. The van der Waals surface area contributed by atoms with Crippen molar-refractivity contribution in [3.8, 4) is 0 Å². The van der Waals surface area contributed by atoms with Crippen LogP contribution in [-0.4, -0.2) is 0 Å². The molecule has 0 fully saturated rings. The third-order valence-electron chi connectivity index (χ3n) is 2.05. The molecule has 0 unspecified atom stereocenters. The Bertz CT molecular complexity index is 2020. The smallest absolute Gasteiger partial charge is 0 e. The Morgan fingerprint density at radius 1 is 0.143 bits per heavy atom. The van der Waals surface area contributed by atoms with Gasteiger partial charge < -0.3 is 0 Å². The highest BCUT2D eigenvalue weighted by atomic mass is 13.4. The highest BCUT2D eigenvalue weighted by molar-refractivity contribution is 4.95. The molecule has 0 aromatic heterocycles. The molecule has 0 aliphatic heterocycles. The minimum atomic E-state index is 2.37. The monoisotopic (exact) mass is 424 g/mol. The molecular formula is C35H4. The third kappa shape index (κ3) is 26.5. The quantitative estimate of drug-likeness (QED) is 0.424. The van der Waals surface area contributed by atoms with Crippen LogP contribution in [0.5, 0.6) is 0 Å². The van der Waals surface area contributed by atoms with Crippen LogP contribution in [0.25, 0.3) is 0 Å². The first-order valence-electron chi connectivity index (χ1n) is 8.71. The van der Waals surface area contributed by atoms with Gasteiger partial charge in [-0.1, -0.05) is 11.5 Å². The van der Waals surface area contributed by atoms with Gasteiger partial charge >= 0.3 is 0 Å². The molecule has 0 heteroatoms. The highest BCUT2D eigenvalue weighted by Gasteiger charge is 1.44. The molecule has 0 bridgehead atoms. The van der Waals surface area contributed by atoms with E-state index in [9.17, 15) is 0 Å². The van der Waals surface area contributed by atoms with E-state index in [-0.39, 0.29) is 0 Å². The van der Waals surface area contributed by atoms with E-state index in [0.29, 0.717) is 0 Å². The van der Waals surface area contributed by atoms with Gasteiger partial charge in [0.15, 0.2) is 0 Å². The van der Waals surface area contributed by atoms with Gasteiger partial charge in [-0.25, -0.2) is 0 Å². The van der Waals surface area contributed by atoms with E-state index in [2.05, 4.69) is 202 Å². The van der Waals surface area contributed by atoms with Gasteiger partial charge in [0.2, 0.25) is 0 Å². The second kappa shape index (κ2) is 26.5. The SMILES string of the molecule is C=C=C=C=C=C=C=C=C=C=C=C=C=C=C=C=C=C=C=C=C=C=C=C=C=C=C=C=C=C=C=C=C=C=C. The second-order valence-corrected chi connectivity index (χ2v) is 4.23. The van der Waals surface area contributed by atoms with Crippen LogP contribution >= 0.6 is 0 Å². The molecule has 0 saturated carbocycles. The summed E-state index contributed by atoms with van der Waals surface area (Å²) in [5, 5.41) is 0. The first kappa shape index (κ1) is 27.5. The van der Waals surface area contributed by atoms with Crippen LogP contribution in [0.3, 0.4) is 0 Å². The Balaban J connectivity index is 5.99. The Labute approximate surface area is 202 Å². The van der Waals surface area contributed by atoms with E-state index in [0.717, 1.165) is 0 Å². The van der Waals surface area contributed by atoms with Crippen molar-refractivity contribution >= 4 is 0 Å². The van der Waals surface area contributed by atoms with Gasteiger partial charge in [0.1, 0.15) is 0 Å². The predicted octanol–water partition coefficient (Wildman–Crippen LogP) is 5.92. The van der Waals surface area contributed by atoms with Gasteiger partial charge in [0.25, 0.3) is 0 Å². The second-order valence-electron chi connectivity index (χ2n) is 4.23. The molecule has 0 aliphatic carbocycles. The summed E-state index contributed by atoms with van der Waals surface area (Å²) < 4.78 is 0. The summed E-state index contributed by atoms with van der Waals surface area (Å²) in [6.45, 7) is 6.62. The zero-order chi connectivity index (χ0) is 25.3. The van der Waals surface area contributed by atoms with E-state index < -0.39 is 0 Å². The molecule has 0 aromatic rings. The fraction of sp³-hybridized carbons (Fsp3) is 0. The molecule has 0 rings (SSSR count). The van der Waals surface area contributed by atoms with E-state index in [1.54, 1.807) is 0 Å². The Hall–Kier alpha value is -7.52. The fourth-order valence-corrected chi connectivity index (χ4v) is 0.995. The largest absolute Gasteiger partial charge is 0.0687 e. The van der Waals surface area contributed by atoms with Crippen LogP contribution in [0.1, 0.15) is 0 Å². The molecular weight excluding hydrogens is 420 g/mol. The van der Waals surface area contributed by atoms with Gasteiger partial charge in [0, 0.05) is 86.0 Å². The molecule has 0 N–H and O–H groups in total. The zero-order valence-corrected chi connectivity index (χ0v) is 17.9. The fourth-order valence-electron chi connectivity index (χ4n) is 0.995. The van der Waals surface area contributed by atoms with Crippen molar-refractivity contribution in [3.05, 3.63) is 202 Å².